The van der Waals surface area contributed by atoms with Gasteiger partial charge in [-0.05, 0) is 67.1 Å². The van der Waals surface area contributed by atoms with Crippen molar-refractivity contribution in [1.82, 2.24) is 5.32 Å². The summed E-state index contributed by atoms with van der Waals surface area (Å²) in [6.45, 7) is 9.42. The molecule has 0 saturated heterocycles. The number of nitrogens with one attached hydrogen (secondary N) is 1. The Bertz CT molecular complexity index is 786. The molecular formula is C23H31NO4. The van der Waals surface area contributed by atoms with Crippen LogP contribution in [0.1, 0.15) is 37.0 Å². The van der Waals surface area contributed by atoms with E-state index in [1.165, 1.54) is 5.56 Å². The molecule has 0 heterocycles. The van der Waals surface area contributed by atoms with E-state index in [2.05, 4.69) is 19.2 Å². The first-order valence-corrected chi connectivity index (χ1v) is 9.65. The number of hydrogen-bond donors (Lipinski definition) is 1. The fourth-order valence-corrected chi connectivity index (χ4v) is 2.55. The molecule has 5 heteroatoms. The lowest BCUT2D eigenvalue weighted by Crippen LogP contribution is -2.28. The number of benzene rings is 2. The van der Waals surface area contributed by atoms with Crippen LogP contribution in [0.4, 0.5) is 0 Å². The average molecular weight is 386 g/mol. The maximum atomic E-state index is 12.1. The van der Waals surface area contributed by atoms with Crippen LogP contribution in [0.2, 0.25) is 0 Å². The highest BCUT2D eigenvalue weighted by Gasteiger charge is 2.08. The van der Waals surface area contributed by atoms with E-state index >= 15 is 0 Å². The van der Waals surface area contributed by atoms with Gasteiger partial charge in [-0.2, -0.15) is 0 Å². The second-order valence-corrected chi connectivity index (χ2v) is 7.33. The number of ether oxygens (including phenoxy) is 3. The van der Waals surface area contributed by atoms with Gasteiger partial charge >= 0.3 is 0 Å². The Balaban J connectivity index is 1.83. The smallest absolute Gasteiger partial charge is 0.258 e. The van der Waals surface area contributed by atoms with Gasteiger partial charge in [0.05, 0.1) is 13.7 Å². The molecule has 0 aliphatic carbocycles. The van der Waals surface area contributed by atoms with Crippen LogP contribution in [-0.2, 0) is 11.3 Å². The molecule has 152 valence electrons. The van der Waals surface area contributed by atoms with Crippen LogP contribution in [0.5, 0.6) is 17.2 Å². The molecule has 0 aliphatic heterocycles. The minimum atomic E-state index is -0.172. The molecule has 0 atom stereocenters. The number of aryl methyl sites for hydroxylation is 2. The highest BCUT2D eigenvalue weighted by Crippen LogP contribution is 2.28. The first-order valence-electron chi connectivity index (χ1n) is 9.65. The van der Waals surface area contributed by atoms with E-state index in [1.54, 1.807) is 7.11 Å². The van der Waals surface area contributed by atoms with Crippen LogP contribution in [0.3, 0.4) is 0 Å². The molecule has 1 N–H and O–H groups in total. The van der Waals surface area contributed by atoms with Crippen LogP contribution < -0.4 is 19.5 Å². The molecule has 0 aliphatic rings. The number of carbonyl (C=O) groups excluding carboxylic acids is 1. The molecule has 2 rings (SSSR count). The van der Waals surface area contributed by atoms with Gasteiger partial charge in [-0.15, -0.1) is 0 Å². The Kier molecular flexibility index (Phi) is 8.18. The summed E-state index contributed by atoms with van der Waals surface area (Å²) >= 11 is 0. The summed E-state index contributed by atoms with van der Waals surface area (Å²) in [5.74, 6) is 2.50. The van der Waals surface area contributed by atoms with Gasteiger partial charge in [0, 0.05) is 6.54 Å². The number of rotatable bonds is 10. The van der Waals surface area contributed by atoms with Crippen molar-refractivity contribution in [2.24, 2.45) is 5.92 Å². The minimum Gasteiger partial charge on any atom is -0.493 e. The molecule has 2 aromatic carbocycles. The normalized spacial score (nSPS) is 10.6. The summed E-state index contributed by atoms with van der Waals surface area (Å²) in [5.41, 5.74) is 3.27. The van der Waals surface area contributed by atoms with Crippen molar-refractivity contribution in [2.75, 3.05) is 20.3 Å². The lowest BCUT2D eigenvalue weighted by atomic mass is 10.1. The van der Waals surface area contributed by atoms with Crippen molar-refractivity contribution in [1.29, 1.82) is 0 Å². The van der Waals surface area contributed by atoms with Gasteiger partial charge in [-0.1, -0.05) is 26.0 Å². The highest BCUT2D eigenvalue weighted by molar-refractivity contribution is 5.77. The first kappa shape index (κ1) is 21.6. The van der Waals surface area contributed by atoms with Gasteiger partial charge < -0.3 is 19.5 Å². The zero-order chi connectivity index (χ0) is 20.5. The molecule has 0 saturated carbocycles. The fourth-order valence-electron chi connectivity index (χ4n) is 2.55. The molecule has 0 radical (unpaired) electrons. The second-order valence-electron chi connectivity index (χ2n) is 7.33. The number of methoxy groups -OCH3 is 1. The fraction of sp³-hybridized carbons (Fsp3) is 0.435. The summed E-state index contributed by atoms with van der Waals surface area (Å²) < 4.78 is 16.8. The summed E-state index contributed by atoms with van der Waals surface area (Å²) in [6, 6.07) is 11.5. The van der Waals surface area contributed by atoms with Gasteiger partial charge in [0.25, 0.3) is 5.91 Å². The van der Waals surface area contributed by atoms with E-state index in [0.29, 0.717) is 30.6 Å². The SMILES string of the molecule is COc1cc(CNC(=O)COc2ccc(C)c(C)c2)ccc1OCCC(C)C. The zero-order valence-electron chi connectivity index (χ0n) is 17.5. The van der Waals surface area contributed by atoms with E-state index < -0.39 is 0 Å². The molecule has 2 aromatic rings. The standard InChI is InChI=1S/C23H31NO4/c1-16(2)10-11-27-21-9-7-19(13-22(21)26-5)14-24-23(25)15-28-20-8-6-17(3)18(4)12-20/h6-9,12-13,16H,10-11,14-15H2,1-5H3,(H,24,25). The topological polar surface area (TPSA) is 56.8 Å². The van der Waals surface area contributed by atoms with Gasteiger partial charge in [0.1, 0.15) is 5.75 Å². The Hall–Kier alpha value is -2.69. The van der Waals surface area contributed by atoms with E-state index in [-0.39, 0.29) is 12.5 Å². The van der Waals surface area contributed by atoms with Gasteiger partial charge in [0.2, 0.25) is 0 Å². The van der Waals surface area contributed by atoms with Gasteiger partial charge in [-0.3, -0.25) is 4.79 Å². The molecule has 0 aromatic heterocycles. The Morgan fingerprint density at radius 2 is 1.79 bits per heavy atom. The van der Waals surface area contributed by atoms with Crippen LogP contribution in [0.15, 0.2) is 36.4 Å². The minimum absolute atomic E-state index is 0.0178. The molecule has 5 nitrogen and oxygen atoms in total. The Labute approximate surface area is 168 Å². The molecule has 0 unspecified atom stereocenters. The number of hydrogen-bond acceptors (Lipinski definition) is 4. The largest absolute Gasteiger partial charge is 0.493 e. The molecule has 0 fully saturated rings. The number of amides is 1. The summed E-state index contributed by atoms with van der Waals surface area (Å²) in [7, 11) is 1.62. The molecule has 0 spiro atoms. The van der Waals surface area contributed by atoms with E-state index in [1.807, 2.05) is 50.2 Å². The monoisotopic (exact) mass is 385 g/mol. The Morgan fingerprint density at radius 3 is 2.46 bits per heavy atom. The van der Waals surface area contributed by atoms with Crippen LogP contribution >= 0.6 is 0 Å². The molecular weight excluding hydrogens is 354 g/mol. The third kappa shape index (κ3) is 6.80. The molecule has 0 bridgehead atoms. The van der Waals surface area contributed by atoms with Gasteiger partial charge in [0.15, 0.2) is 18.1 Å². The van der Waals surface area contributed by atoms with Crippen LogP contribution in [0, 0.1) is 19.8 Å². The predicted molar refractivity (Wildman–Crippen MR) is 111 cm³/mol. The lowest BCUT2D eigenvalue weighted by Gasteiger charge is -2.13. The average Bonchev–Trinajstić information content (AvgIpc) is 2.67. The van der Waals surface area contributed by atoms with E-state index in [0.717, 1.165) is 23.3 Å². The summed E-state index contributed by atoms with van der Waals surface area (Å²) in [6.07, 6.45) is 0.988. The van der Waals surface area contributed by atoms with Crippen molar-refractivity contribution in [3.05, 3.63) is 53.1 Å². The van der Waals surface area contributed by atoms with Crippen molar-refractivity contribution >= 4 is 5.91 Å². The van der Waals surface area contributed by atoms with Crippen LogP contribution in [0.25, 0.3) is 0 Å². The first-order chi connectivity index (χ1) is 13.4. The van der Waals surface area contributed by atoms with Gasteiger partial charge in [-0.25, -0.2) is 0 Å². The van der Waals surface area contributed by atoms with Crippen molar-refractivity contribution in [2.45, 2.75) is 40.7 Å². The second kappa shape index (κ2) is 10.6. The Morgan fingerprint density at radius 1 is 1.00 bits per heavy atom. The van der Waals surface area contributed by atoms with E-state index in [4.69, 9.17) is 14.2 Å². The third-order valence-corrected chi connectivity index (χ3v) is 4.52. The predicted octanol–water partition coefficient (Wildman–Crippen LogP) is 4.43. The molecule has 28 heavy (non-hydrogen) atoms. The summed E-state index contributed by atoms with van der Waals surface area (Å²) in [5, 5.41) is 2.86. The van der Waals surface area contributed by atoms with Crippen LogP contribution in [-0.4, -0.2) is 26.2 Å². The highest BCUT2D eigenvalue weighted by atomic mass is 16.5. The maximum Gasteiger partial charge on any atom is 0.258 e. The lowest BCUT2D eigenvalue weighted by molar-refractivity contribution is -0.123. The van der Waals surface area contributed by atoms with Crippen molar-refractivity contribution in [3.8, 4) is 17.2 Å². The molecule has 1 amide bonds. The van der Waals surface area contributed by atoms with Crippen molar-refractivity contribution in [3.63, 3.8) is 0 Å². The number of carbonyl (C=O) groups is 1. The van der Waals surface area contributed by atoms with Crippen molar-refractivity contribution < 1.29 is 19.0 Å². The quantitative estimate of drug-likeness (QED) is 0.657. The van der Waals surface area contributed by atoms with E-state index in [9.17, 15) is 4.79 Å². The summed E-state index contributed by atoms with van der Waals surface area (Å²) in [4.78, 5) is 12.1. The third-order valence-electron chi connectivity index (χ3n) is 4.52. The maximum absolute atomic E-state index is 12.1. The zero-order valence-corrected chi connectivity index (χ0v) is 17.5.